The molecule has 19 heavy (non-hydrogen) atoms. The van der Waals surface area contributed by atoms with E-state index < -0.39 is 0 Å². The third-order valence-electron chi connectivity index (χ3n) is 3.96. The molecule has 0 aromatic carbocycles. The highest BCUT2D eigenvalue weighted by atomic mass is 16.6. The van der Waals surface area contributed by atoms with Gasteiger partial charge in [0.25, 0.3) is 5.91 Å². The van der Waals surface area contributed by atoms with E-state index in [1.54, 1.807) is 0 Å². The first-order valence-electron chi connectivity index (χ1n) is 7.31. The molecule has 1 aliphatic carbocycles. The number of nitrogens with one attached hydrogen (secondary N) is 1. The van der Waals surface area contributed by atoms with Gasteiger partial charge >= 0.3 is 0 Å². The summed E-state index contributed by atoms with van der Waals surface area (Å²) in [7, 11) is 0. The van der Waals surface area contributed by atoms with Gasteiger partial charge in [-0.1, -0.05) is 0 Å². The summed E-state index contributed by atoms with van der Waals surface area (Å²) in [5.41, 5.74) is 0. The minimum Gasteiger partial charge on any atom is -0.494 e. The summed E-state index contributed by atoms with van der Waals surface area (Å²) in [5.74, 6) is 0.957. The lowest BCUT2D eigenvalue weighted by Crippen LogP contribution is -2.43. The van der Waals surface area contributed by atoms with Gasteiger partial charge < -0.3 is 19.7 Å². The SMILES string of the molecule is O=C(C1=COCCO1)N(CC1CCCNC1)C1CC1. The Labute approximate surface area is 113 Å². The molecular weight excluding hydrogens is 244 g/mol. The van der Waals surface area contributed by atoms with Crippen LogP contribution in [-0.4, -0.2) is 49.7 Å². The number of hydrogen-bond acceptors (Lipinski definition) is 4. The zero-order chi connectivity index (χ0) is 13.1. The Bertz CT molecular complexity index is 360. The van der Waals surface area contributed by atoms with Crippen molar-refractivity contribution in [1.82, 2.24) is 10.2 Å². The van der Waals surface area contributed by atoms with Gasteiger partial charge in [-0.2, -0.15) is 0 Å². The standard InChI is InChI=1S/C14H22N2O3/c17-14(13-10-18-6-7-19-13)16(12-3-4-12)9-11-2-1-5-15-8-11/h10-12,15H,1-9H2. The molecule has 2 fully saturated rings. The minimum absolute atomic E-state index is 0.00720. The molecule has 0 radical (unpaired) electrons. The molecular formula is C14H22N2O3. The predicted molar refractivity (Wildman–Crippen MR) is 70.3 cm³/mol. The number of nitrogens with zero attached hydrogens (tertiary/aromatic N) is 1. The molecule has 3 aliphatic rings. The summed E-state index contributed by atoms with van der Waals surface area (Å²) in [6.45, 7) is 3.98. The van der Waals surface area contributed by atoms with E-state index in [1.807, 2.05) is 4.90 Å². The van der Waals surface area contributed by atoms with Crippen molar-refractivity contribution in [1.29, 1.82) is 0 Å². The first-order valence-corrected chi connectivity index (χ1v) is 7.31. The topological polar surface area (TPSA) is 50.8 Å². The Kier molecular flexibility index (Phi) is 3.92. The Morgan fingerprint density at radius 3 is 2.89 bits per heavy atom. The highest BCUT2D eigenvalue weighted by molar-refractivity contribution is 5.91. The van der Waals surface area contributed by atoms with Crippen molar-refractivity contribution < 1.29 is 14.3 Å². The van der Waals surface area contributed by atoms with Gasteiger partial charge in [0, 0.05) is 12.6 Å². The third kappa shape index (κ3) is 3.21. The molecule has 1 saturated heterocycles. The summed E-state index contributed by atoms with van der Waals surface area (Å²) in [6.07, 6.45) is 6.14. The monoisotopic (exact) mass is 266 g/mol. The highest BCUT2D eigenvalue weighted by Gasteiger charge is 2.36. The molecule has 2 aliphatic heterocycles. The number of amides is 1. The van der Waals surface area contributed by atoms with Crippen molar-refractivity contribution in [2.45, 2.75) is 31.7 Å². The van der Waals surface area contributed by atoms with Gasteiger partial charge in [0.15, 0.2) is 0 Å². The second-order valence-corrected chi connectivity index (χ2v) is 5.60. The predicted octanol–water partition coefficient (Wildman–Crippen LogP) is 0.865. The van der Waals surface area contributed by atoms with Crippen LogP contribution in [0, 0.1) is 5.92 Å². The van der Waals surface area contributed by atoms with Crippen LogP contribution in [0.5, 0.6) is 0 Å². The van der Waals surface area contributed by atoms with E-state index in [4.69, 9.17) is 9.47 Å². The quantitative estimate of drug-likeness (QED) is 0.820. The van der Waals surface area contributed by atoms with E-state index in [1.165, 1.54) is 19.1 Å². The average molecular weight is 266 g/mol. The summed E-state index contributed by atoms with van der Waals surface area (Å²) in [5, 5.41) is 3.41. The number of rotatable bonds is 4. The molecule has 1 unspecified atom stereocenters. The van der Waals surface area contributed by atoms with Gasteiger partial charge in [-0.05, 0) is 44.7 Å². The van der Waals surface area contributed by atoms with Crippen LogP contribution >= 0.6 is 0 Å². The van der Waals surface area contributed by atoms with Crippen molar-refractivity contribution in [2.24, 2.45) is 5.92 Å². The van der Waals surface area contributed by atoms with Crippen molar-refractivity contribution in [3.8, 4) is 0 Å². The Morgan fingerprint density at radius 1 is 1.37 bits per heavy atom. The lowest BCUT2D eigenvalue weighted by atomic mass is 9.99. The maximum atomic E-state index is 12.5. The van der Waals surface area contributed by atoms with Crippen molar-refractivity contribution >= 4 is 5.91 Å². The fraction of sp³-hybridized carbons (Fsp3) is 0.786. The molecule has 0 spiro atoms. The fourth-order valence-corrected chi connectivity index (χ4v) is 2.76. The zero-order valence-corrected chi connectivity index (χ0v) is 11.3. The van der Waals surface area contributed by atoms with E-state index in [9.17, 15) is 4.79 Å². The molecule has 0 aromatic rings. The Balaban J connectivity index is 1.62. The van der Waals surface area contributed by atoms with E-state index in [0.717, 1.165) is 32.5 Å². The number of piperidine rings is 1. The molecule has 1 N–H and O–H groups in total. The van der Waals surface area contributed by atoms with Gasteiger partial charge in [-0.25, -0.2) is 0 Å². The lowest BCUT2D eigenvalue weighted by molar-refractivity contribution is -0.133. The number of carbonyl (C=O) groups excluding carboxylic acids is 1. The van der Waals surface area contributed by atoms with Crippen LogP contribution in [0.3, 0.4) is 0 Å². The van der Waals surface area contributed by atoms with Crippen molar-refractivity contribution in [2.75, 3.05) is 32.8 Å². The summed E-state index contributed by atoms with van der Waals surface area (Å²) < 4.78 is 10.6. The van der Waals surface area contributed by atoms with Gasteiger partial charge in [0.2, 0.25) is 5.76 Å². The van der Waals surface area contributed by atoms with Gasteiger partial charge in [0.05, 0.1) is 0 Å². The normalized spacial score (nSPS) is 26.9. The largest absolute Gasteiger partial charge is 0.494 e. The smallest absolute Gasteiger partial charge is 0.292 e. The summed E-state index contributed by atoms with van der Waals surface area (Å²) in [4.78, 5) is 14.5. The first-order chi connectivity index (χ1) is 9.34. The number of carbonyl (C=O) groups is 1. The summed E-state index contributed by atoms with van der Waals surface area (Å²) >= 11 is 0. The van der Waals surface area contributed by atoms with Gasteiger partial charge in [-0.15, -0.1) is 0 Å². The molecule has 1 atom stereocenters. The lowest BCUT2D eigenvalue weighted by Gasteiger charge is -2.31. The van der Waals surface area contributed by atoms with Crippen LogP contribution in [0.2, 0.25) is 0 Å². The van der Waals surface area contributed by atoms with Crippen molar-refractivity contribution in [3.63, 3.8) is 0 Å². The van der Waals surface area contributed by atoms with E-state index in [2.05, 4.69) is 5.32 Å². The van der Waals surface area contributed by atoms with Crippen LogP contribution in [-0.2, 0) is 14.3 Å². The minimum atomic E-state index is 0.00720. The van der Waals surface area contributed by atoms with Crippen LogP contribution in [0.15, 0.2) is 12.0 Å². The second kappa shape index (κ2) is 5.82. The molecule has 5 heteroatoms. The maximum Gasteiger partial charge on any atom is 0.292 e. The van der Waals surface area contributed by atoms with Gasteiger partial charge in [0.1, 0.15) is 19.5 Å². The Hall–Kier alpha value is -1.23. The third-order valence-corrected chi connectivity index (χ3v) is 3.96. The Morgan fingerprint density at radius 2 is 2.26 bits per heavy atom. The van der Waals surface area contributed by atoms with Crippen LogP contribution in [0.4, 0.5) is 0 Å². The summed E-state index contributed by atoms with van der Waals surface area (Å²) in [6, 6.07) is 0.417. The molecule has 106 valence electrons. The average Bonchev–Trinajstić information content (AvgIpc) is 3.31. The van der Waals surface area contributed by atoms with Crippen LogP contribution in [0.25, 0.3) is 0 Å². The highest BCUT2D eigenvalue weighted by Crippen LogP contribution is 2.30. The molecule has 0 bridgehead atoms. The van der Waals surface area contributed by atoms with E-state index in [-0.39, 0.29) is 5.91 Å². The number of ether oxygens (including phenoxy) is 2. The molecule has 1 saturated carbocycles. The number of hydrogen-bond donors (Lipinski definition) is 1. The fourth-order valence-electron chi connectivity index (χ4n) is 2.76. The van der Waals surface area contributed by atoms with Gasteiger partial charge in [-0.3, -0.25) is 4.79 Å². The van der Waals surface area contributed by atoms with Crippen LogP contribution in [0.1, 0.15) is 25.7 Å². The maximum absolute atomic E-state index is 12.5. The van der Waals surface area contributed by atoms with E-state index in [0.29, 0.717) is 30.9 Å². The molecule has 3 rings (SSSR count). The first kappa shape index (κ1) is 12.8. The second-order valence-electron chi connectivity index (χ2n) is 5.60. The van der Waals surface area contributed by atoms with E-state index >= 15 is 0 Å². The zero-order valence-electron chi connectivity index (χ0n) is 11.3. The molecule has 2 heterocycles. The molecule has 0 aromatic heterocycles. The molecule has 1 amide bonds. The van der Waals surface area contributed by atoms with Crippen LogP contribution < -0.4 is 5.32 Å². The van der Waals surface area contributed by atoms with Crippen molar-refractivity contribution in [3.05, 3.63) is 12.0 Å². The molecule has 5 nitrogen and oxygen atoms in total.